The van der Waals surface area contributed by atoms with Gasteiger partial charge < -0.3 is 14.8 Å². The fourth-order valence-electron chi connectivity index (χ4n) is 5.35. The van der Waals surface area contributed by atoms with Gasteiger partial charge in [0, 0.05) is 23.8 Å². The van der Waals surface area contributed by atoms with Gasteiger partial charge in [0.15, 0.2) is 0 Å². The number of nitrogens with one attached hydrogen (secondary N) is 1. The molecule has 1 aromatic heterocycles. The molecular weight excluding hydrogens is 542 g/mol. The largest absolute Gasteiger partial charge is 0.494 e. The Bertz CT molecular complexity index is 1450. The van der Waals surface area contributed by atoms with Crippen molar-refractivity contribution in [3.05, 3.63) is 119 Å². The van der Waals surface area contributed by atoms with Crippen LogP contribution in [0.3, 0.4) is 0 Å². The molecule has 0 spiro atoms. The molecule has 0 atom stereocenters. The van der Waals surface area contributed by atoms with Crippen LogP contribution in [-0.4, -0.2) is 23.1 Å². The van der Waals surface area contributed by atoms with Crippen molar-refractivity contribution in [3.8, 4) is 11.5 Å². The van der Waals surface area contributed by atoms with Crippen LogP contribution in [0.15, 0.2) is 85.6 Å². The Morgan fingerprint density at radius 1 is 0.750 bits per heavy atom. The van der Waals surface area contributed by atoms with E-state index in [9.17, 15) is 0 Å². The van der Waals surface area contributed by atoms with E-state index in [1.807, 2.05) is 31.2 Å². The van der Waals surface area contributed by atoms with Crippen LogP contribution in [0.2, 0.25) is 0 Å². The quantitative estimate of drug-likeness (QED) is 0.117. The first-order chi connectivity index (χ1) is 21.3. The van der Waals surface area contributed by atoms with Gasteiger partial charge in [-0.3, -0.25) is 0 Å². The van der Waals surface area contributed by atoms with Gasteiger partial charge in [-0.05, 0) is 91.4 Å². The summed E-state index contributed by atoms with van der Waals surface area (Å²) in [4.78, 5) is 8.54. The van der Waals surface area contributed by atoms with Crippen molar-refractivity contribution in [2.24, 2.45) is 0 Å². The van der Waals surface area contributed by atoms with Crippen LogP contribution >= 0.6 is 0 Å². The molecule has 0 saturated heterocycles. The van der Waals surface area contributed by atoms with Crippen LogP contribution in [0.5, 0.6) is 11.5 Å². The second-order valence-corrected chi connectivity index (χ2v) is 12.1. The zero-order chi connectivity index (χ0) is 31.2. The lowest BCUT2D eigenvalue weighted by atomic mass is 9.78. The third-order valence-electron chi connectivity index (χ3n) is 8.29. The number of unbranched alkanes of at least 4 members (excludes halogenated alkanes) is 6. The van der Waals surface area contributed by atoms with E-state index in [4.69, 9.17) is 9.47 Å². The minimum absolute atomic E-state index is 0.132. The standard InChI is InChI=1S/C39H49N3O2/c1-6-32-28-35(19-14-30(32)2)41-25-12-10-8-7-9-11-13-27-43-37-20-15-33(16-21-37)39(4,5)34-17-22-38(23-18-34)44-29-36-24-26-40-31(3)42-36/h6,14-24,26,28,41H,1,7-13,25,27,29H2,2-5H3. The van der Waals surface area contributed by atoms with Gasteiger partial charge in [0.25, 0.3) is 0 Å². The zero-order valence-electron chi connectivity index (χ0n) is 27.1. The van der Waals surface area contributed by atoms with Crippen molar-refractivity contribution in [1.82, 2.24) is 9.97 Å². The van der Waals surface area contributed by atoms with E-state index in [1.165, 1.54) is 66.5 Å². The molecule has 5 nitrogen and oxygen atoms in total. The van der Waals surface area contributed by atoms with E-state index >= 15 is 0 Å². The number of aromatic nitrogens is 2. The summed E-state index contributed by atoms with van der Waals surface area (Å²) < 4.78 is 12.0. The zero-order valence-corrected chi connectivity index (χ0v) is 27.1. The van der Waals surface area contributed by atoms with Crippen molar-refractivity contribution in [2.45, 2.75) is 84.7 Å². The normalized spacial score (nSPS) is 11.3. The summed E-state index contributed by atoms with van der Waals surface area (Å²) in [5.41, 5.74) is 6.89. The number of hydrogen-bond donors (Lipinski definition) is 1. The highest BCUT2D eigenvalue weighted by Crippen LogP contribution is 2.33. The monoisotopic (exact) mass is 591 g/mol. The van der Waals surface area contributed by atoms with Crippen molar-refractivity contribution < 1.29 is 9.47 Å². The number of anilines is 1. The first-order valence-electron chi connectivity index (χ1n) is 16.1. The van der Waals surface area contributed by atoms with Gasteiger partial charge >= 0.3 is 0 Å². The van der Waals surface area contributed by atoms with E-state index in [-0.39, 0.29) is 5.41 Å². The maximum atomic E-state index is 6.05. The van der Waals surface area contributed by atoms with Crippen LogP contribution in [0.25, 0.3) is 6.08 Å². The fourth-order valence-corrected chi connectivity index (χ4v) is 5.35. The van der Waals surface area contributed by atoms with Gasteiger partial charge in [-0.15, -0.1) is 0 Å². The Morgan fingerprint density at radius 3 is 2.00 bits per heavy atom. The van der Waals surface area contributed by atoms with E-state index in [0.29, 0.717) is 6.61 Å². The van der Waals surface area contributed by atoms with Crippen LogP contribution in [-0.2, 0) is 12.0 Å². The Kier molecular flexibility index (Phi) is 12.4. The van der Waals surface area contributed by atoms with Gasteiger partial charge in [0.1, 0.15) is 23.9 Å². The van der Waals surface area contributed by atoms with Gasteiger partial charge in [-0.25, -0.2) is 9.97 Å². The summed E-state index contributed by atoms with van der Waals surface area (Å²) in [6.07, 6.45) is 12.3. The second-order valence-electron chi connectivity index (χ2n) is 12.1. The highest BCUT2D eigenvalue weighted by atomic mass is 16.5. The van der Waals surface area contributed by atoms with Crippen molar-refractivity contribution in [1.29, 1.82) is 0 Å². The third-order valence-corrected chi connectivity index (χ3v) is 8.29. The molecule has 4 rings (SSSR count). The lowest BCUT2D eigenvalue weighted by Crippen LogP contribution is -2.18. The number of hydrogen-bond acceptors (Lipinski definition) is 5. The smallest absolute Gasteiger partial charge is 0.130 e. The summed E-state index contributed by atoms with van der Waals surface area (Å²) in [6, 6.07) is 25.3. The molecule has 3 aromatic carbocycles. The minimum atomic E-state index is -0.132. The molecule has 1 heterocycles. The molecule has 4 aromatic rings. The average molecular weight is 592 g/mol. The van der Waals surface area contributed by atoms with Gasteiger partial charge in [-0.1, -0.05) is 88.9 Å². The molecule has 1 N–H and O–H groups in total. The lowest BCUT2D eigenvalue weighted by molar-refractivity contribution is 0.300. The van der Waals surface area contributed by atoms with Crippen molar-refractivity contribution >= 4 is 11.8 Å². The molecule has 0 fully saturated rings. The van der Waals surface area contributed by atoms with Gasteiger partial charge in [0.05, 0.1) is 12.3 Å². The molecule has 0 aliphatic carbocycles. The van der Waals surface area contributed by atoms with Crippen LogP contribution in [0.4, 0.5) is 5.69 Å². The van der Waals surface area contributed by atoms with Crippen LogP contribution in [0, 0.1) is 13.8 Å². The van der Waals surface area contributed by atoms with Crippen molar-refractivity contribution in [3.63, 3.8) is 0 Å². The Morgan fingerprint density at radius 2 is 1.36 bits per heavy atom. The summed E-state index contributed by atoms with van der Waals surface area (Å²) in [6.45, 7) is 14.6. The molecule has 232 valence electrons. The number of ether oxygens (including phenoxy) is 2. The number of rotatable bonds is 18. The topological polar surface area (TPSA) is 56.3 Å². The Labute approximate surface area is 264 Å². The fraction of sp³-hybridized carbons (Fsp3) is 0.385. The predicted molar refractivity (Wildman–Crippen MR) is 184 cm³/mol. The SMILES string of the molecule is C=Cc1cc(NCCCCCCCCCOc2ccc(C(C)(C)c3ccc(OCc4ccnc(C)n4)cc3)cc2)ccc1C. The molecule has 0 saturated carbocycles. The lowest BCUT2D eigenvalue weighted by Gasteiger charge is -2.26. The average Bonchev–Trinajstić information content (AvgIpc) is 3.04. The molecule has 0 aliphatic heterocycles. The molecular formula is C39H49N3O2. The van der Waals surface area contributed by atoms with Gasteiger partial charge in [0.2, 0.25) is 0 Å². The van der Waals surface area contributed by atoms with Crippen molar-refractivity contribution in [2.75, 3.05) is 18.5 Å². The van der Waals surface area contributed by atoms with Crippen LogP contribution < -0.4 is 14.8 Å². The minimum Gasteiger partial charge on any atom is -0.494 e. The molecule has 5 heteroatoms. The third kappa shape index (κ3) is 9.97. The highest BCUT2D eigenvalue weighted by molar-refractivity contribution is 5.59. The van der Waals surface area contributed by atoms with E-state index in [2.05, 4.69) is 97.2 Å². The van der Waals surface area contributed by atoms with Gasteiger partial charge in [-0.2, -0.15) is 0 Å². The maximum absolute atomic E-state index is 6.05. The summed E-state index contributed by atoms with van der Waals surface area (Å²) >= 11 is 0. The first-order valence-corrected chi connectivity index (χ1v) is 16.1. The molecule has 0 unspecified atom stereocenters. The molecule has 0 aliphatic rings. The maximum Gasteiger partial charge on any atom is 0.130 e. The number of aryl methyl sites for hydroxylation is 2. The summed E-state index contributed by atoms with van der Waals surface area (Å²) in [5, 5.41) is 3.54. The highest BCUT2D eigenvalue weighted by Gasteiger charge is 2.23. The summed E-state index contributed by atoms with van der Waals surface area (Å²) in [7, 11) is 0. The molecule has 44 heavy (non-hydrogen) atoms. The number of benzene rings is 3. The molecule has 0 radical (unpaired) electrons. The van der Waals surface area contributed by atoms with E-state index in [0.717, 1.165) is 42.6 Å². The number of nitrogens with zero attached hydrogens (tertiary/aromatic N) is 2. The Hall–Kier alpha value is -4.12. The summed E-state index contributed by atoms with van der Waals surface area (Å²) in [5.74, 6) is 2.52. The second kappa shape index (κ2) is 16.7. The predicted octanol–water partition coefficient (Wildman–Crippen LogP) is 9.86. The first kappa shape index (κ1) is 32.8. The Balaban J connectivity index is 1.08. The van der Waals surface area contributed by atoms with E-state index < -0.39 is 0 Å². The van der Waals surface area contributed by atoms with Crippen LogP contribution in [0.1, 0.15) is 92.6 Å². The molecule has 0 amide bonds. The van der Waals surface area contributed by atoms with E-state index in [1.54, 1.807) is 6.20 Å². The molecule has 0 bridgehead atoms.